The highest BCUT2D eigenvalue weighted by Gasteiger charge is 2.10. The molecule has 0 unspecified atom stereocenters. The van der Waals surface area contributed by atoms with E-state index in [2.05, 4.69) is 20.8 Å². The van der Waals surface area contributed by atoms with Crippen molar-refractivity contribution in [1.29, 1.82) is 0 Å². The van der Waals surface area contributed by atoms with E-state index in [9.17, 15) is 9.59 Å². The van der Waals surface area contributed by atoms with Crippen molar-refractivity contribution in [2.75, 3.05) is 13.1 Å². The second-order valence-corrected chi connectivity index (χ2v) is 6.53. The Morgan fingerprint density at radius 1 is 1.17 bits per heavy atom. The van der Waals surface area contributed by atoms with Gasteiger partial charge in [0, 0.05) is 24.0 Å². The molecule has 8 heteroatoms. The van der Waals surface area contributed by atoms with Crippen LogP contribution in [0.2, 0.25) is 0 Å². The molecular weight excluding hydrogens is 326 g/mol. The molecule has 0 saturated carbocycles. The molecule has 0 saturated heterocycles. The predicted octanol–water partition coefficient (Wildman–Crippen LogP) is 1.19. The summed E-state index contributed by atoms with van der Waals surface area (Å²) in [4.78, 5) is 25.3. The molecule has 124 valence electrons. The Bertz CT molecular complexity index is 870. The SMILES string of the molecule is Cc1ccc(C(=O)NCC(=O)NCCc2nnc3ccccn23)s1. The fourth-order valence-electron chi connectivity index (χ4n) is 2.24. The van der Waals surface area contributed by atoms with Crippen LogP contribution >= 0.6 is 11.3 Å². The third kappa shape index (κ3) is 3.77. The number of rotatable bonds is 6. The van der Waals surface area contributed by atoms with Crippen LogP contribution in [0.1, 0.15) is 20.4 Å². The van der Waals surface area contributed by atoms with Gasteiger partial charge in [-0.1, -0.05) is 6.07 Å². The molecule has 0 aromatic carbocycles. The Morgan fingerprint density at radius 3 is 2.83 bits per heavy atom. The van der Waals surface area contributed by atoms with Crippen LogP contribution in [0, 0.1) is 6.92 Å². The van der Waals surface area contributed by atoms with Crippen LogP contribution in [0.15, 0.2) is 36.5 Å². The Balaban J connectivity index is 1.43. The van der Waals surface area contributed by atoms with Crippen molar-refractivity contribution in [2.24, 2.45) is 0 Å². The molecule has 2 N–H and O–H groups in total. The van der Waals surface area contributed by atoms with Gasteiger partial charge in [0.15, 0.2) is 5.65 Å². The molecule has 3 rings (SSSR count). The number of nitrogens with zero attached hydrogens (tertiary/aromatic N) is 3. The van der Waals surface area contributed by atoms with Crippen molar-refractivity contribution in [2.45, 2.75) is 13.3 Å². The fraction of sp³-hybridized carbons (Fsp3) is 0.250. The summed E-state index contributed by atoms with van der Waals surface area (Å²) in [5, 5.41) is 13.5. The molecule has 0 aliphatic rings. The predicted molar refractivity (Wildman–Crippen MR) is 91.1 cm³/mol. The van der Waals surface area contributed by atoms with Gasteiger partial charge in [0.1, 0.15) is 5.82 Å². The third-order valence-corrected chi connectivity index (χ3v) is 4.43. The second kappa shape index (κ2) is 7.22. The topological polar surface area (TPSA) is 88.4 Å². The molecule has 0 aliphatic carbocycles. The van der Waals surface area contributed by atoms with E-state index >= 15 is 0 Å². The van der Waals surface area contributed by atoms with Gasteiger partial charge in [0.25, 0.3) is 5.91 Å². The standard InChI is InChI=1S/C16H17N5O2S/c1-11-5-6-12(24-11)16(23)18-10-15(22)17-8-7-14-20-19-13-4-2-3-9-21(13)14/h2-6,9H,7-8,10H2,1H3,(H,17,22)(H,18,23). The van der Waals surface area contributed by atoms with Gasteiger partial charge in [0.05, 0.1) is 11.4 Å². The van der Waals surface area contributed by atoms with Crippen LogP contribution in [0.4, 0.5) is 0 Å². The van der Waals surface area contributed by atoms with Gasteiger partial charge < -0.3 is 10.6 Å². The summed E-state index contributed by atoms with van der Waals surface area (Å²) in [7, 11) is 0. The lowest BCUT2D eigenvalue weighted by atomic mass is 10.3. The minimum atomic E-state index is -0.231. The van der Waals surface area contributed by atoms with E-state index in [1.54, 1.807) is 6.07 Å². The number of amides is 2. The van der Waals surface area contributed by atoms with Gasteiger partial charge in [-0.2, -0.15) is 0 Å². The van der Waals surface area contributed by atoms with E-state index in [0.717, 1.165) is 16.3 Å². The smallest absolute Gasteiger partial charge is 0.261 e. The highest BCUT2D eigenvalue weighted by Crippen LogP contribution is 2.14. The van der Waals surface area contributed by atoms with Crippen LogP contribution in [0.25, 0.3) is 5.65 Å². The van der Waals surface area contributed by atoms with E-state index in [0.29, 0.717) is 17.8 Å². The van der Waals surface area contributed by atoms with Crippen molar-refractivity contribution < 1.29 is 9.59 Å². The molecule has 3 aromatic heterocycles. The summed E-state index contributed by atoms with van der Waals surface area (Å²) >= 11 is 1.40. The van der Waals surface area contributed by atoms with Crippen LogP contribution < -0.4 is 10.6 Å². The molecule has 0 fully saturated rings. The fourth-order valence-corrected chi connectivity index (χ4v) is 3.03. The number of thiophene rings is 1. The Labute approximate surface area is 142 Å². The zero-order valence-electron chi connectivity index (χ0n) is 13.2. The van der Waals surface area contributed by atoms with E-state index in [-0.39, 0.29) is 18.4 Å². The monoisotopic (exact) mass is 343 g/mol. The molecule has 3 aromatic rings. The molecule has 0 aliphatic heterocycles. The van der Waals surface area contributed by atoms with Crippen LogP contribution in [-0.4, -0.2) is 39.5 Å². The number of hydrogen-bond acceptors (Lipinski definition) is 5. The summed E-state index contributed by atoms with van der Waals surface area (Å²) in [6.07, 6.45) is 2.45. The third-order valence-electron chi connectivity index (χ3n) is 3.43. The summed E-state index contributed by atoms with van der Waals surface area (Å²) in [5.74, 6) is 0.321. The highest BCUT2D eigenvalue weighted by molar-refractivity contribution is 7.13. The quantitative estimate of drug-likeness (QED) is 0.704. The van der Waals surface area contributed by atoms with Crippen molar-refractivity contribution >= 4 is 28.8 Å². The number of carbonyl (C=O) groups excluding carboxylic acids is 2. The summed E-state index contributed by atoms with van der Waals surface area (Å²) < 4.78 is 1.88. The maximum absolute atomic E-state index is 11.9. The summed E-state index contributed by atoms with van der Waals surface area (Å²) in [6, 6.07) is 9.30. The molecule has 3 heterocycles. The number of fused-ring (bicyclic) bond motifs is 1. The molecule has 0 bridgehead atoms. The minimum absolute atomic E-state index is 0.0453. The van der Waals surface area contributed by atoms with E-state index in [1.165, 1.54) is 11.3 Å². The average Bonchev–Trinajstić information content (AvgIpc) is 3.19. The normalized spacial score (nSPS) is 10.7. The molecule has 24 heavy (non-hydrogen) atoms. The van der Waals surface area contributed by atoms with Crippen molar-refractivity contribution in [1.82, 2.24) is 25.2 Å². The van der Waals surface area contributed by atoms with E-state index in [1.807, 2.05) is 41.8 Å². The first-order valence-electron chi connectivity index (χ1n) is 7.53. The lowest BCUT2D eigenvalue weighted by molar-refractivity contribution is -0.120. The van der Waals surface area contributed by atoms with Crippen molar-refractivity contribution in [3.63, 3.8) is 0 Å². The van der Waals surface area contributed by atoms with E-state index < -0.39 is 0 Å². The second-order valence-electron chi connectivity index (χ2n) is 5.24. The number of carbonyl (C=O) groups is 2. The molecule has 0 spiro atoms. The van der Waals surface area contributed by atoms with Crippen LogP contribution in [-0.2, 0) is 11.2 Å². The van der Waals surface area contributed by atoms with E-state index in [4.69, 9.17) is 0 Å². The molecule has 7 nitrogen and oxygen atoms in total. The van der Waals surface area contributed by atoms with Crippen molar-refractivity contribution in [3.8, 4) is 0 Å². The molecule has 0 radical (unpaired) electrons. The van der Waals surface area contributed by atoms with Gasteiger partial charge >= 0.3 is 0 Å². The first-order valence-corrected chi connectivity index (χ1v) is 8.35. The Morgan fingerprint density at radius 2 is 2.04 bits per heavy atom. The number of pyridine rings is 1. The largest absolute Gasteiger partial charge is 0.354 e. The highest BCUT2D eigenvalue weighted by atomic mass is 32.1. The van der Waals surface area contributed by atoms with Gasteiger partial charge in [-0.15, -0.1) is 21.5 Å². The lowest BCUT2D eigenvalue weighted by Crippen LogP contribution is -2.37. The van der Waals surface area contributed by atoms with Crippen LogP contribution in [0.5, 0.6) is 0 Å². The Kier molecular flexibility index (Phi) is 4.85. The number of hydrogen-bond donors (Lipinski definition) is 2. The van der Waals surface area contributed by atoms with Gasteiger partial charge in [-0.05, 0) is 31.2 Å². The maximum Gasteiger partial charge on any atom is 0.261 e. The summed E-state index contributed by atoms with van der Waals surface area (Å²) in [6.45, 7) is 2.32. The molecular formula is C16H17N5O2S. The Hall–Kier alpha value is -2.74. The molecule has 2 amide bonds. The van der Waals surface area contributed by atoms with Gasteiger partial charge in [-0.3, -0.25) is 14.0 Å². The minimum Gasteiger partial charge on any atom is -0.354 e. The first-order chi connectivity index (χ1) is 11.6. The maximum atomic E-state index is 11.9. The number of aromatic nitrogens is 3. The van der Waals surface area contributed by atoms with Gasteiger partial charge in [-0.25, -0.2) is 0 Å². The van der Waals surface area contributed by atoms with Gasteiger partial charge in [0.2, 0.25) is 5.91 Å². The summed E-state index contributed by atoms with van der Waals surface area (Å²) in [5.41, 5.74) is 0.775. The molecule has 0 atom stereocenters. The first kappa shape index (κ1) is 16.1. The zero-order valence-corrected chi connectivity index (χ0v) is 14.0. The van der Waals surface area contributed by atoms with Crippen LogP contribution in [0.3, 0.4) is 0 Å². The van der Waals surface area contributed by atoms with Crippen molar-refractivity contribution in [3.05, 3.63) is 52.1 Å². The average molecular weight is 343 g/mol. The number of aryl methyl sites for hydroxylation is 1. The zero-order chi connectivity index (χ0) is 16.9. The lowest BCUT2D eigenvalue weighted by Gasteiger charge is -2.05. The number of nitrogens with one attached hydrogen (secondary N) is 2.